The predicted octanol–water partition coefficient (Wildman–Crippen LogP) is 1.89. The van der Waals surface area contributed by atoms with E-state index in [1.807, 2.05) is 19.9 Å². The molecule has 0 saturated carbocycles. The summed E-state index contributed by atoms with van der Waals surface area (Å²) in [5.41, 5.74) is 5.91. The summed E-state index contributed by atoms with van der Waals surface area (Å²) < 4.78 is 5.51. The molecule has 5 heteroatoms. The van der Waals surface area contributed by atoms with Gasteiger partial charge in [0, 0.05) is 24.7 Å². The molecule has 2 unspecified atom stereocenters. The Morgan fingerprint density at radius 1 is 1.42 bits per heavy atom. The number of aryl methyl sites for hydroxylation is 1. The number of aromatic nitrogens is 2. The Hall–Kier alpha value is -1.36. The normalized spacial score (nSPS) is 23.5. The number of hydrogen-bond acceptors (Lipinski definition) is 5. The van der Waals surface area contributed by atoms with Gasteiger partial charge in [0.1, 0.15) is 11.6 Å². The number of rotatable bonds is 4. The highest BCUT2D eigenvalue weighted by Gasteiger charge is 2.28. The Morgan fingerprint density at radius 3 is 2.89 bits per heavy atom. The number of piperidine rings is 1. The topological polar surface area (TPSA) is 64.3 Å². The summed E-state index contributed by atoms with van der Waals surface area (Å²) >= 11 is 0. The molecule has 0 radical (unpaired) electrons. The van der Waals surface area contributed by atoms with Crippen molar-refractivity contribution >= 4 is 5.82 Å². The summed E-state index contributed by atoms with van der Waals surface area (Å²) in [6.07, 6.45) is 3.55. The van der Waals surface area contributed by atoms with Crippen molar-refractivity contribution in [1.82, 2.24) is 9.97 Å². The smallest absolute Gasteiger partial charge is 0.218 e. The van der Waals surface area contributed by atoms with Crippen LogP contribution in [0.5, 0.6) is 5.88 Å². The molecule has 1 aromatic rings. The fourth-order valence-corrected chi connectivity index (χ4v) is 2.81. The third kappa shape index (κ3) is 3.15. The highest BCUT2D eigenvalue weighted by atomic mass is 16.5. The quantitative estimate of drug-likeness (QED) is 0.899. The van der Waals surface area contributed by atoms with Gasteiger partial charge in [-0.05, 0) is 40.0 Å². The van der Waals surface area contributed by atoms with Gasteiger partial charge in [-0.15, -0.1) is 0 Å². The first-order valence-electron chi connectivity index (χ1n) is 7.12. The minimum absolute atomic E-state index is 0.368. The first kappa shape index (κ1) is 14.1. The molecular formula is C14H24N4O. The molecule has 0 aliphatic carbocycles. The first-order chi connectivity index (χ1) is 9.15. The monoisotopic (exact) mass is 264 g/mol. The van der Waals surface area contributed by atoms with Gasteiger partial charge in [-0.25, -0.2) is 4.98 Å². The molecule has 1 aromatic heterocycles. The van der Waals surface area contributed by atoms with Crippen molar-refractivity contribution in [2.75, 3.05) is 18.1 Å². The van der Waals surface area contributed by atoms with Crippen molar-refractivity contribution in [3.8, 4) is 5.88 Å². The minimum Gasteiger partial charge on any atom is -0.478 e. The molecule has 5 nitrogen and oxygen atoms in total. The van der Waals surface area contributed by atoms with Gasteiger partial charge < -0.3 is 15.4 Å². The Labute approximate surface area is 115 Å². The third-order valence-electron chi connectivity index (χ3n) is 3.66. The van der Waals surface area contributed by atoms with Gasteiger partial charge in [-0.2, -0.15) is 4.98 Å². The van der Waals surface area contributed by atoms with Crippen molar-refractivity contribution in [1.29, 1.82) is 0 Å². The van der Waals surface area contributed by atoms with Crippen LogP contribution < -0.4 is 15.4 Å². The Morgan fingerprint density at radius 2 is 2.21 bits per heavy atom. The van der Waals surface area contributed by atoms with E-state index in [1.54, 1.807) is 0 Å². The second-order valence-corrected chi connectivity index (χ2v) is 5.12. The zero-order valence-corrected chi connectivity index (χ0v) is 12.1. The maximum absolute atomic E-state index is 5.91. The molecule has 2 heterocycles. The number of nitrogens with two attached hydrogens (primary N) is 1. The molecule has 1 aliphatic heterocycles. The average Bonchev–Trinajstić information content (AvgIpc) is 2.38. The fraction of sp³-hybridized carbons (Fsp3) is 0.714. The van der Waals surface area contributed by atoms with Crippen LogP contribution in [0.15, 0.2) is 6.07 Å². The molecule has 1 saturated heterocycles. The summed E-state index contributed by atoms with van der Waals surface area (Å²) in [6.45, 7) is 7.38. The second kappa shape index (κ2) is 6.19. The van der Waals surface area contributed by atoms with E-state index in [1.165, 1.54) is 12.8 Å². The van der Waals surface area contributed by atoms with Gasteiger partial charge in [-0.1, -0.05) is 0 Å². The molecule has 2 N–H and O–H groups in total. The van der Waals surface area contributed by atoms with Crippen LogP contribution in [0.1, 0.15) is 38.9 Å². The summed E-state index contributed by atoms with van der Waals surface area (Å²) in [5.74, 6) is 2.34. The second-order valence-electron chi connectivity index (χ2n) is 5.12. The van der Waals surface area contributed by atoms with E-state index in [-0.39, 0.29) is 0 Å². The Balaban J connectivity index is 2.32. The zero-order valence-electron chi connectivity index (χ0n) is 12.1. The first-order valence-corrected chi connectivity index (χ1v) is 7.12. The summed E-state index contributed by atoms with van der Waals surface area (Å²) in [6, 6.07) is 2.76. The number of hydrogen-bond donors (Lipinski definition) is 1. The van der Waals surface area contributed by atoms with E-state index in [9.17, 15) is 0 Å². The number of nitrogens with zero attached hydrogens (tertiary/aromatic N) is 3. The van der Waals surface area contributed by atoms with Crippen LogP contribution in [0.25, 0.3) is 0 Å². The van der Waals surface area contributed by atoms with E-state index in [4.69, 9.17) is 10.5 Å². The van der Waals surface area contributed by atoms with E-state index >= 15 is 0 Å². The standard InChI is InChI=1S/C14H24N4O/c1-4-19-14-8-13(16-11(3)17-14)18-10(2)6-5-7-12(18)9-15/h8,10,12H,4-7,9,15H2,1-3H3. The van der Waals surface area contributed by atoms with Crippen LogP contribution in [0, 0.1) is 6.92 Å². The van der Waals surface area contributed by atoms with Crippen LogP contribution in [0.2, 0.25) is 0 Å². The largest absolute Gasteiger partial charge is 0.478 e. The van der Waals surface area contributed by atoms with Crippen molar-refractivity contribution < 1.29 is 4.74 Å². The van der Waals surface area contributed by atoms with E-state index in [0.29, 0.717) is 31.1 Å². The average molecular weight is 264 g/mol. The molecule has 2 rings (SSSR count). The van der Waals surface area contributed by atoms with E-state index in [0.717, 1.165) is 18.1 Å². The molecule has 0 aromatic carbocycles. The van der Waals surface area contributed by atoms with E-state index < -0.39 is 0 Å². The summed E-state index contributed by atoms with van der Waals surface area (Å²) in [4.78, 5) is 11.2. The van der Waals surface area contributed by atoms with Crippen molar-refractivity contribution in [3.63, 3.8) is 0 Å². The van der Waals surface area contributed by atoms with Gasteiger partial charge in [0.05, 0.1) is 6.61 Å². The molecule has 106 valence electrons. The molecule has 1 aliphatic rings. The molecule has 1 fully saturated rings. The van der Waals surface area contributed by atoms with Crippen LogP contribution >= 0.6 is 0 Å². The lowest BCUT2D eigenvalue weighted by Crippen LogP contribution is -2.49. The van der Waals surface area contributed by atoms with Gasteiger partial charge >= 0.3 is 0 Å². The van der Waals surface area contributed by atoms with Crippen LogP contribution in [0.4, 0.5) is 5.82 Å². The maximum Gasteiger partial charge on any atom is 0.218 e. The van der Waals surface area contributed by atoms with Crippen molar-refractivity contribution in [3.05, 3.63) is 11.9 Å². The van der Waals surface area contributed by atoms with Gasteiger partial charge in [0.25, 0.3) is 0 Å². The lowest BCUT2D eigenvalue weighted by molar-refractivity contribution is 0.324. The summed E-state index contributed by atoms with van der Waals surface area (Å²) in [5, 5.41) is 0. The zero-order chi connectivity index (χ0) is 13.8. The molecule has 0 bridgehead atoms. The molecule has 19 heavy (non-hydrogen) atoms. The minimum atomic E-state index is 0.368. The highest BCUT2D eigenvalue weighted by molar-refractivity contribution is 5.44. The number of anilines is 1. The van der Waals surface area contributed by atoms with Crippen LogP contribution in [0.3, 0.4) is 0 Å². The SMILES string of the molecule is CCOc1cc(N2C(C)CCCC2CN)nc(C)n1. The number of ether oxygens (including phenoxy) is 1. The lowest BCUT2D eigenvalue weighted by Gasteiger charge is -2.41. The molecule has 2 atom stereocenters. The maximum atomic E-state index is 5.91. The third-order valence-corrected chi connectivity index (χ3v) is 3.66. The molecule has 0 amide bonds. The fourth-order valence-electron chi connectivity index (χ4n) is 2.81. The van der Waals surface area contributed by atoms with Gasteiger partial charge in [0.2, 0.25) is 5.88 Å². The Bertz CT molecular complexity index is 424. The lowest BCUT2D eigenvalue weighted by atomic mass is 9.96. The van der Waals surface area contributed by atoms with Gasteiger partial charge in [-0.3, -0.25) is 0 Å². The molecular weight excluding hydrogens is 240 g/mol. The summed E-state index contributed by atoms with van der Waals surface area (Å²) in [7, 11) is 0. The van der Waals surface area contributed by atoms with Gasteiger partial charge in [0.15, 0.2) is 0 Å². The van der Waals surface area contributed by atoms with E-state index in [2.05, 4.69) is 21.8 Å². The van der Waals surface area contributed by atoms with Crippen LogP contribution in [-0.4, -0.2) is 35.2 Å². The highest BCUT2D eigenvalue weighted by Crippen LogP contribution is 2.29. The van der Waals surface area contributed by atoms with Crippen LogP contribution in [-0.2, 0) is 0 Å². The Kier molecular flexibility index (Phi) is 4.58. The molecule has 0 spiro atoms. The predicted molar refractivity (Wildman–Crippen MR) is 76.6 cm³/mol. The van der Waals surface area contributed by atoms with Crippen molar-refractivity contribution in [2.45, 2.75) is 52.1 Å². The van der Waals surface area contributed by atoms with Crippen molar-refractivity contribution in [2.24, 2.45) is 5.73 Å².